The predicted octanol–water partition coefficient (Wildman–Crippen LogP) is 2.62. The Bertz CT molecular complexity index is 894. The van der Waals surface area contributed by atoms with E-state index < -0.39 is 0 Å². The van der Waals surface area contributed by atoms with Crippen molar-refractivity contribution in [2.75, 3.05) is 11.9 Å². The minimum Gasteiger partial charge on any atom is -0.493 e. The van der Waals surface area contributed by atoms with Gasteiger partial charge in [-0.15, -0.1) is 5.10 Å². The van der Waals surface area contributed by atoms with Crippen LogP contribution in [0, 0.1) is 0 Å². The first-order valence-electron chi connectivity index (χ1n) is 8.58. The van der Waals surface area contributed by atoms with Gasteiger partial charge in [0, 0.05) is 18.8 Å². The minimum atomic E-state index is -0.0918. The third-order valence-corrected chi connectivity index (χ3v) is 4.37. The Labute approximate surface area is 151 Å². The fourth-order valence-corrected chi connectivity index (χ4v) is 3.13. The zero-order valence-corrected chi connectivity index (χ0v) is 14.2. The summed E-state index contributed by atoms with van der Waals surface area (Å²) in [5.41, 5.74) is 2.11. The summed E-state index contributed by atoms with van der Waals surface area (Å²) in [6, 6.07) is 11.7. The molecule has 7 heteroatoms. The molecule has 0 aliphatic carbocycles. The number of hydrogen-bond acceptors (Lipinski definition) is 5. The molecule has 3 heterocycles. The summed E-state index contributed by atoms with van der Waals surface area (Å²) in [5, 5.41) is 7.09. The molecule has 0 spiro atoms. The number of carbonyl (C=O) groups is 1. The molecular formula is C19H19N5O2. The van der Waals surface area contributed by atoms with Gasteiger partial charge in [0.25, 0.3) is 0 Å². The van der Waals surface area contributed by atoms with E-state index in [1.165, 1.54) is 0 Å². The molecule has 1 aromatic carbocycles. The number of anilines is 1. The van der Waals surface area contributed by atoms with E-state index in [1.54, 1.807) is 23.4 Å². The van der Waals surface area contributed by atoms with Crippen molar-refractivity contribution in [1.29, 1.82) is 0 Å². The smallest absolute Gasteiger partial charge is 0.248 e. The molecule has 0 bridgehead atoms. The van der Waals surface area contributed by atoms with E-state index in [4.69, 9.17) is 4.74 Å². The molecule has 1 amide bonds. The fourth-order valence-electron chi connectivity index (χ4n) is 3.13. The second kappa shape index (κ2) is 7.35. The summed E-state index contributed by atoms with van der Waals surface area (Å²) in [5.74, 6) is 1.25. The van der Waals surface area contributed by atoms with Gasteiger partial charge in [0.15, 0.2) is 0 Å². The van der Waals surface area contributed by atoms with E-state index in [-0.39, 0.29) is 11.8 Å². The lowest BCUT2D eigenvalue weighted by Crippen LogP contribution is -2.21. The van der Waals surface area contributed by atoms with E-state index in [0.717, 1.165) is 23.3 Å². The van der Waals surface area contributed by atoms with Crippen molar-refractivity contribution in [2.24, 2.45) is 0 Å². The van der Waals surface area contributed by atoms with Crippen molar-refractivity contribution in [3.8, 4) is 5.75 Å². The van der Waals surface area contributed by atoms with Gasteiger partial charge in [-0.25, -0.2) is 9.67 Å². The first-order valence-corrected chi connectivity index (χ1v) is 8.58. The normalized spacial score (nSPS) is 15.8. The molecule has 4 rings (SSSR count). The molecule has 0 fully saturated rings. The number of nitrogens with one attached hydrogen (secondary N) is 1. The number of hydrogen-bond donors (Lipinski definition) is 1. The molecule has 1 unspecified atom stereocenters. The summed E-state index contributed by atoms with van der Waals surface area (Å²) in [6.07, 6.45) is 6.32. The number of amides is 1. The summed E-state index contributed by atoms with van der Waals surface area (Å²) in [4.78, 5) is 20.6. The Hall–Kier alpha value is -3.22. The number of benzene rings is 1. The number of para-hydroxylation sites is 1. The lowest BCUT2D eigenvalue weighted by molar-refractivity contribution is -0.116. The third-order valence-electron chi connectivity index (χ3n) is 4.37. The molecule has 1 atom stereocenters. The topological polar surface area (TPSA) is 81.9 Å². The van der Waals surface area contributed by atoms with Crippen LogP contribution in [-0.4, -0.2) is 32.3 Å². The predicted molar refractivity (Wildman–Crippen MR) is 95.9 cm³/mol. The Balaban J connectivity index is 1.37. The molecule has 2 aromatic heterocycles. The molecule has 0 saturated carbocycles. The fraction of sp³-hybridized carbons (Fsp3) is 0.263. The molecule has 3 aromatic rings. The lowest BCUT2D eigenvalue weighted by Gasteiger charge is -2.25. The number of ether oxygens (including phenoxy) is 1. The van der Waals surface area contributed by atoms with Gasteiger partial charge in [-0.2, -0.15) is 0 Å². The molecular weight excluding hydrogens is 330 g/mol. The van der Waals surface area contributed by atoms with Crippen LogP contribution in [0.3, 0.4) is 0 Å². The van der Waals surface area contributed by atoms with E-state index in [2.05, 4.69) is 20.4 Å². The van der Waals surface area contributed by atoms with Crippen LogP contribution >= 0.6 is 0 Å². The Morgan fingerprint density at radius 1 is 1.27 bits per heavy atom. The maximum atomic E-state index is 12.4. The molecule has 7 nitrogen and oxygen atoms in total. The Kier molecular flexibility index (Phi) is 4.59. The highest BCUT2D eigenvalue weighted by Gasteiger charge is 2.23. The van der Waals surface area contributed by atoms with Crippen LogP contribution in [-0.2, 0) is 11.3 Å². The van der Waals surface area contributed by atoms with Gasteiger partial charge in [0.2, 0.25) is 11.9 Å². The van der Waals surface area contributed by atoms with Gasteiger partial charge in [0.1, 0.15) is 12.1 Å². The van der Waals surface area contributed by atoms with Crippen molar-refractivity contribution in [1.82, 2.24) is 19.7 Å². The van der Waals surface area contributed by atoms with Crippen LogP contribution in [0.2, 0.25) is 0 Å². The maximum absolute atomic E-state index is 12.4. The highest BCUT2D eigenvalue weighted by Crippen LogP contribution is 2.35. The van der Waals surface area contributed by atoms with Gasteiger partial charge in [-0.1, -0.05) is 24.3 Å². The summed E-state index contributed by atoms with van der Waals surface area (Å²) in [6.45, 7) is 1.19. The second-order valence-electron chi connectivity index (χ2n) is 6.25. The van der Waals surface area contributed by atoms with Crippen molar-refractivity contribution in [3.05, 3.63) is 66.2 Å². The summed E-state index contributed by atoms with van der Waals surface area (Å²) in [7, 11) is 0. The van der Waals surface area contributed by atoms with Gasteiger partial charge in [0.05, 0.1) is 13.2 Å². The summed E-state index contributed by atoms with van der Waals surface area (Å²) < 4.78 is 7.33. The zero-order valence-electron chi connectivity index (χ0n) is 14.2. The number of rotatable bonds is 5. The molecule has 0 radical (unpaired) electrons. The first kappa shape index (κ1) is 16.3. The molecule has 0 saturated heterocycles. The number of pyridine rings is 1. The van der Waals surface area contributed by atoms with Crippen LogP contribution in [0.15, 0.2) is 55.1 Å². The Morgan fingerprint density at radius 3 is 3.08 bits per heavy atom. The molecule has 26 heavy (non-hydrogen) atoms. The number of aromatic nitrogens is 4. The van der Waals surface area contributed by atoms with E-state index in [0.29, 0.717) is 25.5 Å². The molecule has 1 aliphatic rings. The lowest BCUT2D eigenvalue weighted by atomic mass is 9.90. The largest absolute Gasteiger partial charge is 0.493 e. The zero-order chi connectivity index (χ0) is 17.8. The SMILES string of the molecule is O=C(CC1CCOc2ccccc21)Nc1ncn(Cc2cccnc2)n1. The Morgan fingerprint density at radius 2 is 2.19 bits per heavy atom. The number of nitrogens with zero attached hydrogens (tertiary/aromatic N) is 4. The number of carbonyl (C=O) groups excluding carboxylic acids is 1. The average Bonchev–Trinajstić information content (AvgIpc) is 3.09. The first-order chi connectivity index (χ1) is 12.8. The van der Waals surface area contributed by atoms with Crippen molar-refractivity contribution < 1.29 is 9.53 Å². The van der Waals surface area contributed by atoms with Crippen LogP contribution < -0.4 is 10.1 Å². The minimum absolute atomic E-state index is 0.0918. The average molecular weight is 349 g/mol. The van der Waals surface area contributed by atoms with Crippen molar-refractivity contribution >= 4 is 11.9 Å². The van der Waals surface area contributed by atoms with Crippen LogP contribution in [0.1, 0.15) is 29.9 Å². The summed E-state index contributed by atoms with van der Waals surface area (Å²) >= 11 is 0. The van der Waals surface area contributed by atoms with Crippen LogP contribution in [0.5, 0.6) is 5.75 Å². The van der Waals surface area contributed by atoms with E-state index in [9.17, 15) is 4.79 Å². The monoisotopic (exact) mass is 349 g/mol. The standard InChI is InChI=1S/C19H19N5O2/c25-18(10-15-7-9-26-17-6-2-1-5-16(15)17)22-19-21-13-24(23-19)12-14-4-3-8-20-11-14/h1-6,8,11,13,15H,7,9-10,12H2,(H,22,23,25). The number of fused-ring (bicyclic) bond motifs is 1. The third kappa shape index (κ3) is 3.72. The maximum Gasteiger partial charge on any atom is 0.248 e. The van der Waals surface area contributed by atoms with Crippen molar-refractivity contribution in [3.63, 3.8) is 0 Å². The van der Waals surface area contributed by atoms with Gasteiger partial charge in [-0.3, -0.25) is 15.1 Å². The van der Waals surface area contributed by atoms with Crippen molar-refractivity contribution in [2.45, 2.75) is 25.3 Å². The van der Waals surface area contributed by atoms with Gasteiger partial charge >= 0.3 is 0 Å². The van der Waals surface area contributed by atoms with E-state index >= 15 is 0 Å². The highest BCUT2D eigenvalue weighted by molar-refractivity contribution is 5.89. The molecule has 1 N–H and O–H groups in total. The quantitative estimate of drug-likeness (QED) is 0.766. The highest BCUT2D eigenvalue weighted by atomic mass is 16.5. The van der Waals surface area contributed by atoms with Crippen LogP contribution in [0.25, 0.3) is 0 Å². The molecule has 1 aliphatic heterocycles. The van der Waals surface area contributed by atoms with Crippen LogP contribution in [0.4, 0.5) is 5.95 Å². The van der Waals surface area contributed by atoms with Gasteiger partial charge in [-0.05, 0) is 35.6 Å². The van der Waals surface area contributed by atoms with E-state index in [1.807, 2.05) is 36.4 Å². The second-order valence-corrected chi connectivity index (χ2v) is 6.25. The molecule has 132 valence electrons. The van der Waals surface area contributed by atoms with Gasteiger partial charge < -0.3 is 4.74 Å².